The summed E-state index contributed by atoms with van der Waals surface area (Å²) in [5, 5.41) is 7.12. The fraction of sp³-hybridized carbons (Fsp3) is 0.611. The second-order valence-corrected chi connectivity index (χ2v) is 6.92. The quantitative estimate of drug-likeness (QED) is 0.831. The van der Waals surface area contributed by atoms with Gasteiger partial charge >= 0.3 is 12.1 Å². The predicted octanol–water partition coefficient (Wildman–Crippen LogP) is 1.92. The van der Waals surface area contributed by atoms with E-state index in [1.165, 1.54) is 0 Å². The molecule has 0 saturated carbocycles. The van der Waals surface area contributed by atoms with Gasteiger partial charge in [-0.1, -0.05) is 6.07 Å². The molecule has 28 heavy (non-hydrogen) atoms. The van der Waals surface area contributed by atoms with Crippen molar-refractivity contribution in [2.45, 2.75) is 50.2 Å². The number of likely N-dealkylation sites (tertiary alicyclic amines) is 1. The highest BCUT2D eigenvalue weighted by Gasteiger charge is 2.42. The Morgan fingerprint density at radius 2 is 1.96 bits per heavy atom. The van der Waals surface area contributed by atoms with Crippen molar-refractivity contribution in [1.82, 2.24) is 14.8 Å². The predicted molar refractivity (Wildman–Crippen MR) is 93.3 cm³/mol. The van der Waals surface area contributed by atoms with Gasteiger partial charge in [0.25, 0.3) is 5.91 Å². The molecule has 2 fully saturated rings. The topological polar surface area (TPSA) is 83.0 Å². The number of alkyl halides is 3. The minimum Gasteiger partial charge on any atom is -0.475 e. The standard InChI is InChI=1S/C16H23N3O2.C2HF3O2/c1-18(2)16(20)15-7-6-13-14(21-15)8-10-19(13)11-12-5-3-4-9-17-12;3-2(4,5)1(6)7/h3-5,9,13-15H,6-8,10-11H2,1-2H3;(H,6,7)/t13-,14-,15-;/m1./s1. The van der Waals surface area contributed by atoms with E-state index in [1.54, 1.807) is 19.0 Å². The number of carbonyl (C=O) groups is 2. The van der Waals surface area contributed by atoms with Crippen LogP contribution in [-0.2, 0) is 20.9 Å². The molecule has 0 spiro atoms. The lowest BCUT2D eigenvalue weighted by molar-refractivity contribution is -0.192. The van der Waals surface area contributed by atoms with Crippen LogP contribution in [0.5, 0.6) is 0 Å². The summed E-state index contributed by atoms with van der Waals surface area (Å²) >= 11 is 0. The fourth-order valence-corrected chi connectivity index (χ4v) is 3.38. The maximum atomic E-state index is 12.0. The molecule has 3 atom stereocenters. The average molecular weight is 403 g/mol. The van der Waals surface area contributed by atoms with Gasteiger partial charge in [-0.15, -0.1) is 0 Å². The molecule has 156 valence electrons. The molecule has 1 aromatic rings. The van der Waals surface area contributed by atoms with E-state index >= 15 is 0 Å². The third-order valence-corrected chi connectivity index (χ3v) is 4.71. The zero-order chi connectivity index (χ0) is 20.9. The number of hydrogen-bond acceptors (Lipinski definition) is 5. The third kappa shape index (κ3) is 5.90. The summed E-state index contributed by atoms with van der Waals surface area (Å²) in [6, 6.07) is 6.46. The molecule has 1 N–H and O–H groups in total. The molecule has 1 aromatic heterocycles. The Morgan fingerprint density at radius 3 is 2.50 bits per heavy atom. The van der Waals surface area contributed by atoms with Gasteiger partial charge in [0.15, 0.2) is 0 Å². The highest BCUT2D eigenvalue weighted by Crippen LogP contribution is 2.32. The van der Waals surface area contributed by atoms with Crippen molar-refractivity contribution in [2.24, 2.45) is 0 Å². The van der Waals surface area contributed by atoms with Crippen molar-refractivity contribution >= 4 is 11.9 Å². The van der Waals surface area contributed by atoms with E-state index in [0.717, 1.165) is 38.0 Å². The van der Waals surface area contributed by atoms with Crippen molar-refractivity contribution < 1.29 is 32.6 Å². The molecule has 3 heterocycles. The van der Waals surface area contributed by atoms with Crippen LogP contribution in [0.2, 0.25) is 0 Å². The second kappa shape index (κ2) is 9.33. The molecular weight excluding hydrogens is 379 g/mol. The number of rotatable bonds is 3. The summed E-state index contributed by atoms with van der Waals surface area (Å²) in [4.78, 5) is 29.4. The molecule has 3 rings (SSSR count). The lowest BCUT2D eigenvalue weighted by Crippen LogP contribution is -2.47. The van der Waals surface area contributed by atoms with Gasteiger partial charge < -0.3 is 14.7 Å². The molecule has 2 saturated heterocycles. The highest BCUT2D eigenvalue weighted by atomic mass is 19.4. The van der Waals surface area contributed by atoms with Crippen molar-refractivity contribution in [1.29, 1.82) is 0 Å². The lowest BCUT2D eigenvalue weighted by atomic mass is 9.98. The van der Waals surface area contributed by atoms with Crippen LogP contribution in [-0.4, -0.2) is 76.8 Å². The van der Waals surface area contributed by atoms with E-state index in [4.69, 9.17) is 14.6 Å². The number of halogens is 3. The van der Waals surface area contributed by atoms with Crippen LogP contribution in [0.3, 0.4) is 0 Å². The summed E-state index contributed by atoms with van der Waals surface area (Å²) in [5.74, 6) is -2.66. The Labute approximate surface area is 161 Å². The maximum Gasteiger partial charge on any atom is 0.490 e. The number of aromatic nitrogens is 1. The van der Waals surface area contributed by atoms with Crippen LogP contribution in [0, 0.1) is 0 Å². The number of carboxylic acid groups (broad SMARTS) is 1. The van der Waals surface area contributed by atoms with Gasteiger partial charge in [0.05, 0.1) is 11.8 Å². The number of likely N-dealkylation sites (N-methyl/N-ethyl adjacent to an activating group) is 1. The van der Waals surface area contributed by atoms with E-state index in [0.29, 0.717) is 6.04 Å². The van der Waals surface area contributed by atoms with Crippen LogP contribution in [0.15, 0.2) is 24.4 Å². The summed E-state index contributed by atoms with van der Waals surface area (Å²) in [5.41, 5.74) is 1.10. The lowest BCUT2D eigenvalue weighted by Gasteiger charge is -2.36. The van der Waals surface area contributed by atoms with Gasteiger partial charge in [0.2, 0.25) is 0 Å². The summed E-state index contributed by atoms with van der Waals surface area (Å²) in [6.45, 7) is 1.90. The van der Waals surface area contributed by atoms with E-state index in [2.05, 4.69) is 16.0 Å². The number of amides is 1. The van der Waals surface area contributed by atoms with E-state index in [9.17, 15) is 18.0 Å². The Morgan fingerprint density at radius 1 is 1.29 bits per heavy atom. The minimum atomic E-state index is -5.08. The van der Waals surface area contributed by atoms with Crippen molar-refractivity contribution in [3.63, 3.8) is 0 Å². The van der Waals surface area contributed by atoms with E-state index < -0.39 is 12.1 Å². The molecule has 0 aliphatic carbocycles. The first-order valence-electron chi connectivity index (χ1n) is 8.90. The number of nitrogens with zero attached hydrogens (tertiary/aromatic N) is 3. The third-order valence-electron chi connectivity index (χ3n) is 4.71. The number of ether oxygens (including phenoxy) is 1. The Bertz CT molecular complexity index is 670. The number of carboxylic acids is 1. The average Bonchev–Trinajstić information content (AvgIpc) is 3.03. The molecule has 0 bridgehead atoms. The van der Waals surface area contributed by atoms with Gasteiger partial charge in [0, 0.05) is 39.4 Å². The zero-order valence-electron chi connectivity index (χ0n) is 15.7. The van der Waals surface area contributed by atoms with Crippen LogP contribution in [0.4, 0.5) is 13.2 Å². The first kappa shape index (κ1) is 22.1. The Kier molecular flexibility index (Phi) is 7.36. The van der Waals surface area contributed by atoms with E-state index in [1.807, 2.05) is 18.3 Å². The number of hydrogen-bond donors (Lipinski definition) is 1. The van der Waals surface area contributed by atoms with Gasteiger partial charge in [-0.25, -0.2) is 4.79 Å². The molecule has 0 radical (unpaired) electrons. The zero-order valence-corrected chi connectivity index (χ0v) is 15.7. The van der Waals surface area contributed by atoms with Crippen LogP contribution < -0.4 is 0 Å². The first-order valence-corrected chi connectivity index (χ1v) is 8.90. The van der Waals surface area contributed by atoms with Crippen LogP contribution in [0.25, 0.3) is 0 Å². The fourth-order valence-electron chi connectivity index (χ4n) is 3.38. The molecule has 7 nitrogen and oxygen atoms in total. The van der Waals surface area contributed by atoms with Gasteiger partial charge in [-0.05, 0) is 31.4 Å². The number of carbonyl (C=O) groups excluding carboxylic acids is 1. The van der Waals surface area contributed by atoms with Crippen LogP contribution >= 0.6 is 0 Å². The molecule has 0 aromatic carbocycles. The molecular formula is C18H24F3N3O4. The van der Waals surface area contributed by atoms with Crippen molar-refractivity contribution in [3.8, 4) is 0 Å². The monoisotopic (exact) mass is 403 g/mol. The molecule has 2 aliphatic rings. The maximum absolute atomic E-state index is 12.0. The second-order valence-electron chi connectivity index (χ2n) is 6.92. The molecule has 10 heteroatoms. The number of pyridine rings is 1. The highest BCUT2D eigenvalue weighted by molar-refractivity contribution is 5.80. The first-order chi connectivity index (χ1) is 13.1. The number of aliphatic carboxylic acids is 1. The summed E-state index contributed by atoms with van der Waals surface area (Å²) < 4.78 is 37.8. The molecule has 2 aliphatic heterocycles. The van der Waals surface area contributed by atoms with Crippen molar-refractivity contribution in [3.05, 3.63) is 30.1 Å². The van der Waals surface area contributed by atoms with E-state index in [-0.39, 0.29) is 18.1 Å². The summed E-state index contributed by atoms with van der Waals surface area (Å²) in [7, 11) is 3.58. The molecule has 0 unspecified atom stereocenters. The minimum absolute atomic E-state index is 0.0941. The van der Waals surface area contributed by atoms with Crippen molar-refractivity contribution in [2.75, 3.05) is 20.6 Å². The Hall–Kier alpha value is -2.20. The normalized spacial score (nSPS) is 24.7. The Balaban J connectivity index is 0.000000345. The van der Waals surface area contributed by atoms with Gasteiger partial charge in [-0.2, -0.15) is 13.2 Å². The van der Waals surface area contributed by atoms with Gasteiger partial charge in [-0.3, -0.25) is 14.7 Å². The SMILES string of the molecule is CN(C)C(=O)[C@H]1CC[C@@H]2[C@@H](CCN2Cc2ccccn2)O1.O=C(O)C(F)(F)F. The van der Waals surface area contributed by atoms with Gasteiger partial charge in [0.1, 0.15) is 6.10 Å². The molecule has 1 amide bonds. The van der Waals surface area contributed by atoms with Crippen LogP contribution in [0.1, 0.15) is 25.0 Å². The number of fused-ring (bicyclic) bond motifs is 1. The smallest absolute Gasteiger partial charge is 0.475 e. The largest absolute Gasteiger partial charge is 0.490 e. The summed E-state index contributed by atoms with van der Waals surface area (Å²) in [6.07, 6.45) is -0.452.